The summed E-state index contributed by atoms with van der Waals surface area (Å²) in [6, 6.07) is -0.619. The van der Waals surface area contributed by atoms with E-state index < -0.39 is 11.9 Å². The van der Waals surface area contributed by atoms with Gasteiger partial charge in [-0.05, 0) is 19.4 Å². The van der Waals surface area contributed by atoms with Gasteiger partial charge in [-0.1, -0.05) is 6.42 Å². The molecule has 0 heterocycles. The summed E-state index contributed by atoms with van der Waals surface area (Å²) < 4.78 is 0. The molecule has 0 aliphatic carbocycles. The van der Waals surface area contributed by atoms with Gasteiger partial charge in [-0.3, -0.25) is 10.0 Å². The minimum atomic E-state index is -0.619. The molecule has 0 aromatic heterocycles. The third-order valence-corrected chi connectivity index (χ3v) is 1.42. The van der Waals surface area contributed by atoms with Gasteiger partial charge in [0.2, 0.25) is 0 Å². The summed E-state index contributed by atoms with van der Waals surface area (Å²) in [6.45, 7) is 0.605. The number of carbonyl (C=O) groups excluding carboxylic acids is 1. The smallest absolute Gasteiger partial charge is 0.260 e. The van der Waals surface area contributed by atoms with E-state index in [1.54, 1.807) is 0 Å². The molecule has 5 nitrogen and oxygen atoms in total. The summed E-state index contributed by atoms with van der Waals surface area (Å²) in [5.41, 5.74) is 12.1. The lowest BCUT2D eigenvalue weighted by molar-refractivity contribution is -0.130. The molecule has 1 atom stereocenters. The minimum absolute atomic E-state index is 0.540. The van der Waals surface area contributed by atoms with Crippen LogP contribution in [0.1, 0.15) is 19.3 Å². The number of carbonyl (C=O) groups is 1. The van der Waals surface area contributed by atoms with E-state index in [0.29, 0.717) is 13.0 Å². The number of hydroxylamine groups is 1. The number of nitrogens with two attached hydrogens (primary N) is 2. The van der Waals surface area contributed by atoms with Gasteiger partial charge < -0.3 is 11.5 Å². The second-order valence-electron chi connectivity index (χ2n) is 2.37. The number of unbranched alkanes of at least 4 members (excludes halogenated alkanes) is 1. The van der Waals surface area contributed by atoms with Gasteiger partial charge in [0.1, 0.15) is 0 Å². The second-order valence-corrected chi connectivity index (χ2v) is 2.37. The van der Waals surface area contributed by atoms with E-state index in [-0.39, 0.29) is 0 Å². The predicted molar refractivity (Wildman–Crippen MR) is 40.8 cm³/mol. The Labute approximate surface area is 65.7 Å². The van der Waals surface area contributed by atoms with Gasteiger partial charge in [0.25, 0.3) is 5.91 Å². The van der Waals surface area contributed by atoms with Crippen LogP contribution < -0.4 is 16.9 Å². The summed E-state index contributed by atoms with van der Waals surface area (Å²) in [5, 5.41) is 8.16. The number of hydrogen-bond donors (Lipinski definition) is 4. The molecule has 0 fully saturated rings. The van der Waals surface area contributed by atoms with Crippen LogP contribution in [0.4, 0.5) is 0 Å². The first kappa shape index (κ1) is 10.3. The van der Waals surface area contributed by atoms with Crippen LogP contribution in [0.15, 0.2) is 0 Å². The molecule has 1 amide bonds. The summed E-state index contributed by atoms with van der Waals surface area (Å²) in [4.78, 5) is 10.6. The van der Waals surface area contributed by atoms with Crippen LogP contribution in [-0.2, 0) is 4.79 Å². The minimum Gasteiger partial charge on any atom is -0.330 e. The van der Waals surface area contributed by atoms with Crippen molar-refractivity contribution in [3.05, 3.63) is 0 Å². The molecule has 11 heavy (non-hydrogen) atoms. The van der Waals surface area contributed by atoms with Crippen LogP contribution in [0.5, 0.6) is 0 Å². The van der Waals surface area contributed by atoms with E-state index in [0.717, 1.165) is 12.8 Å². The van der Waals surface area contributed by atoms with Gasteiger partial charge >= 0.3 is 0 Å². The average molecular weight is 161 g/mol. The van der Waals surface area contributed by atoms with E-state index in [1.165, 1.54) is 5.48 Å². The van der Waals surface area contributed by atoms with Crippen molar-refractivity contribution in [2.24, 2.45) is 11.5 Å². The van der Waals surface area contributed by atoms with Crippen LogP contribution in [0.25, 0.3) is 0 Å². The lowest BCUT2D eigenvalue weighted by atomic mass is 10.1. The number of nitrogens with one attached hydrogen (secondary N) is 1. The quantitative estimate of drug-likeness (QED) is 0.235. The molecule has 0 bridgehead atoms. The molecule has 0 aliphatic rings. The Balaban J connectivity index is 3.36. The zero-order valence-electron chi connectivity index (χ0n) is 6.42. The fraction of sp³-hybridized carbons (Fsp3) is 0.833. The molecule has 0 saturated heterocycles. The highest BCUT2D eigenvalue weighted by atomic mass is 16.5. The lowest BCUT2D eigenvalue weighted by Gasteiger charge is -2.07. The van der Waals surface area contributed by atoms with Gasteiger partial charge in [0, 0.05) is 0 Å². The van der Waals surface area contributed by atoms with Gasteiger partial charge in [-0.25, -0.2) is 5.48 Å². The molecular formula is C6H15N3O2. The third-order valence-electron chi connectivity index (χ3n) is 1.42. The fourth-order valence-electron chi connectivity index (χ4n) is 0.723. The van der Waals surface area contributed by atoms with Crippen molar-refractivity contribution in [2.75, 3.05) is 6.54 Å². The number of hydrogen-bond acceptors (Lipinski definition) is 4. The molecule has 0 aromatic rings. The fourth-order valence-corrected chi connectivity index (χ4v) is 0.723. The van der Waals surface area contributed by atoms with Crippen molar-refractivity contribution < 1.29 is 10.0 Å². The number of rotatable bonds is 5. The molecule has 0 radical (unpaired) electrons. The van der Waals surface area contributed by atoms with Crippen molar-refractivity contribution in [3.63, 3.8) is 0 Å². The summed E-state index contributed by atoms with van der Waals surface area (Å²) in [7, 11) is 0. The highest BCUT2D eigenvalue weighted by molar-refractivity contribution is 5.80. The monoisotopic (exact) mass is 161 g/mol. The van der Waals surface area contributed by atoms with E-state index in [4.69, 9.17) is 16.7 Å². The van der Waals surface area contributed by atoms with Crippen LogP contribution in [-0.4, -0.2) is 23.7 Å². The second kappa shape index (κ2) is 6.09. The number of amides is 1. The zero-order chi connectivity index (χ0) is 8.69. The Kier molecular flexibility index (Phi) is 5.73. The van der Waals surface area contributed by atoms with Gasteiger partial charge in [0.05, 0.1) is 6.04 Å². The maximum atomic E-state index is 10.6. The molecule has 5 heteroatoms. The van der Waals surface area contributed by atoms with Crippen molar-refractivity contribution >= 4 is 5.91 Å². The van der Waals surface area contributed by atoms with Crippen LogP contribution in [0, 0.1) is 0 Å². The Hall–Kier alpha value is -0.650. The molecular weight excluding hydrogens is 146 g/mol. The van der Waals surface area contributed by atoms with Crippen LogP contribution in [0.2, 0.25) is 0 Å². The normalized spacial score (nSPS) is 12.6. The van der Waals surface area contributed by atoms with Crippen LogP contribution in [0.3, 0.4) is 0 Å². The molecule has 0 spiro atoms. The average Bonchev–Trinajstić information content (AvgIpc) is 2.03. The SMILES string of the molecule is NCCCC[C@@H](N)C(=O)NO. The molecule has 0 unspecified atom stereocenters. The van der Waals surface area contributed by atoms with E-state index >= 15 is 0 Å². The first-order valence-corrected chi connectivity index (χ1v) is 3.62. The van der Waals surface area contributed by atoms with Crippen molar-refractivity contribution in [1.29, 1.82) is 0 Å². The largest absolute Gasteiger partial charge is 0.330 e. The molecule has 0 rings (SSSR count). The van der Waals surface area contributed by atoms with E-state index in [1.807, 2.05) is 0 Å². The Morgan fingerprint density at radius 3 is 2.64 bits per heavy atom. The Bertz CT molecular complexity index is 118. The summed E-state index contributed by atoms with van der Waals surface area (Å²) in [6.07, 6.45) is 2.22. The van der Waals surface area contributed by atoms with Crippen molar-refractivity contribution in [1.82, 2.24) is 5.48 Å². The van der Waals surface area contributed by atoms with Gasteiger partial charge in [-0.2, -0.15) is 0 Å². The Morgan fingerprint density at radius 1 is 1.55 bits per heavy atom. The molecule has 0 saturated carbocycles. The zero-order valence-corrected chi connectivity index (χ0v) is 6.42. The van der Waals surface area contributed by atoms with E-state index in [9.17, 15) is 4.79 Å². The summed E-state index contributed by atoms with van der Waals surface area (Å²) in [5.74, 6) is -0.540. The first-order valence-electron chi connectivity index (χ1n) is 3.62. The summed E-state index contributed by atoms with van der Waals surface area (Å²) >= 11 is 0. The maximum absolute atomic E-state index is 10.6. The first-order chi connectivity index (χ1) is 5.22. The molecule has 0 aliphatic heterocycles. The molecule has 0 aromatic carbocycles. The highest BCUT2D eigenvalue weighted by Crippen LogP contribution is 1.96. The van der Waals surface area contributed by atoms with Crippen molar-refractivity contribution in [3.8, 4) is 0 Å². The van der Waals surface area contributed by atoms with E-state index in [2.05, 4.69) is 0 Å². The predicted octanol–water partition coefficient (Wildman–Crippen LogP) is -1.05. The maximum Gasteiger partial charge on any atom is 0.260 e. The highest BCUT2D eigenvalue weighted by Gasteiger charge is 2.10. The molecule has 66 valence electrons. The van der Waals surface area contributed by atoms with Gasteiger partial charge in [-0.15, -0.1) is 0 Å². The third kappa shape index (κ3) is 4.72. The van der Waals surface area contributed by atoms with Gasteiger partial charge in [0.15, 0.2) is 0 Å². The lowest BCUT2D eigenvalue weighted by Crippen LogP contribution is -2.38. The Morgan fingerprint density at radius 2 is 2.18 bits per heavy atom. The molecule has 6 N–H and O–H groups in total. The van der Waals surface area contributed by atoms with Crippen molar-refractivity contribution in [2.45, 2.75) is 25.3 Å². The van der Waals surface area contributed by atoms with Crippen LogP contribution >= 0.6 is 0 Å². The topological polar surface area (TPSA) is 101 Å². The standard InChI is InChI=1S/C6H15N3O2/c7-4-2-1-3-5(8)6(10)9-11/h5,11H,1-4,7-8H2,(H,9,10)/t5-/m1/s1.